The number of carbonyl (C=O) groups excluding carboxylic acids is 1. The summed E-state index contributed by atoms with van der Waals surface area (Å²) in [5, 5.41) is 0. The molecule has 1 heterocycles. The fourth-order valence-electron chi connectivity index (χ4n) is 2.65. The Labute approximate surface area is 133 Å². The highest BCUT2D eigenvalue weighted by molar-refractivity contribution is 7.89. The number of rotatable bonds is 4. The molecule has 6 heteroatoms. The van der Waals surface area contributed by atoms with Crippen LogP contribution in [0.4, 0.5) is 5.69 Å². The lowest BCUT2D eigenvalue weighted by Crippen LogP contribution is -2.34. The molecule has 22 heavy (non-hydrogen) atoms. The lowest BCUT2D eigenvalue weighted by atomic mass is 9.97. The van der Waals surface area contributed by atoms with Crippen LogP contribution in [0.25, 0.3) is 0 Å². The first-order valence-electron chi connectivity index (χ1n) is 7.48. The molecular formula is C16H24N2O3S. The normalized spacial score (nSPS) is 16.6. The predicted molar refractivity (Wildman–Crippen MR) is 87.3 cm³/mol. The molecule has 1 amide bonds. The summed E-state index contributed by atoms with van der Waals surface area (Å²) in [4.78, 5) is 13.7. The SMILES string of the molecule is CN(CC(C)(C)C)S(=O)(=O)c1ccc(N2CCCC2=O)cc1. The van der Waals surface area contributed by atoms with Gasteiger partial charge in [0.1, 0.15) is 0 Å². The fourth-order valence-corrected chi connectivity index (χ4v) is 4.05. The first-order valence-corrected chi connectivity index (χ1v) is 8.92. The van der Waals surface area contributed by atoms with Crippen LogP contribution in [0.2, 0.25) is 0 Å². The second-order valence-corrected chi connectivity index (χ2v) is 9.01. The average Bonchev–Trinajstić information content (AvgIpc) is 2.83. The summed E-state index contributed by atoms with van der Waals surface area (Å²) in [6.07, 6.45) is 1.42. The number of hydrogen-bond donors (Lipinski definition) is 0. The van der Waals surface area contributed by atoms with E-state index in [2.05, 4.69) is 0 Å². The Morgan fingerprint density at radius 2 is 1.77 bits per heavy atom. The zero-order chi connectivity index (χ0) is 16.5. The molecule has 5 nitrogen and oxygen atoms in total. The number of benzene rings is 1. The van der Waals surface area contributed by atoms with Gasteiger partial charge in [0.15, 0.2) is 0 Å². The van der Waals surface area contributed by atoms with Crippen LogP contribution in [-0.2, 0) is 14.8 Å². The van der Waals surface area contributed by atoms with Crippen molar-refractivity contribution in [2.45, 2.75) is 38.5 Å². The van der Waals surface area contributed by atoms with Gasteiger partial charge >= 0.3 is 0 Å². The molecule has 0 aliphatic carbocycles. The molecule has 1 saturated heterocycles. The van der Waals surface area contributed by atoms with Gasteiger partial charge in [0.25, 0.3) is 0 Å². The summed E-state index contributed by atoms with van der Waals surface area (Å²) in [5.74, 6) is 0.0976. The summed E-state index contributed by atoms with van der Waals surface area (Å²) in [5.41, 5.74) is 0.656. The first kappa shape index (κ1) is 17.0. The van der Waals surface area contributed by atoms with E-state index in [1.807, 2.05) is 20.8 Å². The lowest BCUT2D eigenvalue weighted by molar-refractivity contribution is -0.117. The quantitative estimate of drug-likeness (QED) is 0.855. The summed E-state index contributed by atoms with van der Waals surface area (Å²) >= 11 is 0. The number of nitrogens with zero attached hydrogens (tertiary/aromatic N) is 2. The predicted octanol–water partition coefficient (Wildman–Crippen LogP) is 2.48. The molecule has 122 valence electrons. The highest BCUT2D eigenvalue weighted by Crippen LogP contribution is 2.25. The topological polar surface area (TPSA) is 57.7 Å². The van der Waals surface area contributed by atoms with Gasteiger partial charge in [-0.25, -0.2) is 12.7 Å². The Kier molecular flexibility index (Phi) is 4.63. The van der Waals surface area contributed by atoms with Crippen molar-refractivity contribution in [3.63, 3.8) is 0 Å². The Morgan fingerprint density at radius 1 is 1.18 bits per heavy atom. The molecule has 1 aliphatic heterocycles. The van der Waals surface area contributed by atoms with E-state index < -0.39 is 10.0 Å². The average molecular weight is 324 g/mol. The summed E-state index contributed by atoms with van der Waals surface area (Å²) < 4.78 is 26.5. The molecule has 0 radical (unpaired) electrons. The van der Waals surface area contributed by atoms with Crippen LogP contribution in [0, 0.1) is 5.41 Å². The van der Waals surface area contributed by atoms with Crippen LogP contribution in [0.15, 0.2) is 29.2 Å². The van der Waals surface area contributed by atoms with Crippen molar-refractivity contribution in [1.29, 1.82) is 0 Å². The van der Waals surface area contributed by atoms with Gasteiger partial charge in [-0.05, 0) is 36.1 Å². The van der Waals surface area contributed by atoms with Crippen molar-refractivity contribution in [3.05, 3.63) is 24.3 Å². The molecule has 1 aliphatic rings. The number of sulfonamides is 1. The van der Waals surface area contributed by atoms with Gasteiger partial charge in [-0.2, -0.15) is 0 Å². The smallest absolute Gasteiger partial charge is 0.242 e. The third-order valence-corrected chi connectivity index (χ3v) is 5.44. The zero-order valence-electron chi connectivity index (χ0n) is 13.7. The molecule has 0 unspecified atom stereocenters. The maximum absolute atomic E-state index is 12.6. The largest absolute Gasteiger partial charge is 0.312 e. The van der Waals surface area contributed by atoms with Crippen molar-refractivity contribution in [2.24, 2.45) is 5.41 Å². The molecular weight excluding hydrogens is 300 g/mol. The van der Waals surface area contributed by atoms with Crippen LogP contribution >= 0.6 is 0 Å². The summed E-state index contributed by atoms with van der Waals surface area (Å²) in [6.45, 7) is 7.15. The maximum atomic E-state index is 12.6. The molecule has 1 aromatic carbocycles. The fraction of sp³-hybridized carbons (Fsp3) is 0.562. The monoisotopic (exact) mass is 324 g/mol. The Hall–Kier alpha value is -1.40. The Bertz CT molecular complexity index is 645. The lowest BCUT2D eigenvalue weighted by Gasteiger charge is -2.26. The van der Waals surface area contributed by atoms with Crippen molar-refractivity contribution in [1.82, 2.24) is 4.31 Å². The van der Waals surface area contributed by atoms with E-state index in [9.17, 15) is 13.2 Å². The maximum Gasteiger partial charge on any atom is 0.242 e. The minimum atomic E-state index is -3.50. The van der Waals surface area contributed by atoms with Gasteiger partial charge in [-0.3, -0.25) is 4.79 Å². The zero-order valence-corrected chi connectivity index (χ0v) is 14.5. The van der Waals surface area contributed by atoms with Gasteiger partial charge in [0.05, 0.1) is 4.90 Å². The van der Waals surface area contributed by atoms with E-state index >= 15 is 0 Å². The van der Waals surface area contributed by atoms with Gasteiger partial charge in [-0.15, -0.1) is 0 Å². The van der Waals surface area contributed by atoms with E-state index in [0.29, 0.717) is 19.5 Å². The van der Waals surface area contributed by atoms with E-state index in [1.165, 1.54) is 4.31 Å². The van der Waals surface area contributed by atoms with Crippen LogP contribution in [0.5, 0.6) is 0 Å². The van der Waals surface area contributed by atoms with E-state index in [1.54, 1.807) is 36.2 Å². The minimum absolute atomic E-state index is 0.0976. The van der Waals surface area contributed by atoms with E-state index in [-0.39, 0.29) is 16.2 Å². The van der Waals surface area contributed by atoms with Crippen molar-refractivity contribution in [3.8, 4) is 0 Å². The minimum Gasteiger partial charge on any atom is -0.312 e. The van der Waals surface area contributed by atoms with Crippen molar-refractivity contribution in [2.75, 3.05) is 25.0 Å². The van der Waals surface area contributed by atoms with Crippen molar-refractivity contribution >= 4 is 21.6 Å². The number of anilines is 1. The molecule has 2 rings (SSSR count). The molecule has 1 aromatic rings. The standard InChI is InChI=1S/C16H24N2O3S/c1-16(2,3)12-17(4)22(20,21)14-9-7-13(8-10-14)18-11-5-6-15(18)19/h7-10H,5-6,11-12H2,1-4H3. The summed E-state index contributed by atoms with van der Waals surface area (Å²) in [7, 11) is -1.90. The summed E-state index contributed by atoms with van der Waals surface area (Å²) in [6, 6.07) is 6.58. The molecule has 0 spiro atoms. The van der Waals surface area contributed by atoms with Gasteiger partial charge in [-0.1, -0.05) is 20.8 Å². The third-order valence-electron chi connectivity index (χ3n) is 3.63. The van der Waals surface area contributed by atoms with Crippen LogP contribution in [0.1, 0.15) is 33.6 Å². The number of hydrogen-bond acceptors (Lipinski definition) is 3. The molecule has 1 fully saturated rings. The molecule has 0 saturated carbocycles. The molecule has 0 bridgehead atoms. The van der Waals surface area contributed by atoms with Gasteiger partial charge in [0, 0.05) is 32.2 Å². The molecule has 0 N–H and O–H groups in total. The highest BCUT2D eigenvalue weighted by atomic mass is 32.2. The van der Waals surface area contributed by atoms with Crippen LogP contribution < -0.4 is 4.90 Å². The van der Waals surface area contributed by atoms with Gasteiger partial charge < -0.3 is 4.90 Å². The first-order chi connectivity index (χ1) is 10.1. The van der Waals surface area contributed by atoms with Crippen LogP contribution in [0.3, 0.4) is 0 Å². The van der Waals surface area contributed by atoms with E-state index in [4.69, 9.17) is 0 Å². The van der Waals surface area contributed by atoms with Crippen molar-refractivity contribution < 1.29 is 13.2 Å². The van der Waals surface area contributed by atoms with Gasteiger partial charge in [0.2, 0.25) is 15.9 Å². The molecule has 0 aromatic heterocycles. The number of carbonyl (C=O) groups is 1. The third kappa shape index (κ3) is 3.67. The van der Waals surface area contributed by atoms with Crippen LogP contribution in [-0.4, -0.2) is 38.8 Å². The molecule has 0 atom stereocenters. The van der Waals surface area contributed by atoms with E-state index in [0.717, 1.165) is 12.1 Å². The number of amides is 1. The Balaban J connectivity index is 2.20. The second-order valence-electron chi connectivity index (χ2n) is 6.96. The Morgan fingerprint density at radius 3 is 2.23 bits per heavy atom. The second kappa shape index (κ2) is 6.01. The highest BCUT2D eigenvalue weighted by Gasteiger charge is 2.26.